The van der Waals surface area contributed by atoms with Gasteiger partial charge in [-0.1, -0.05) is 0 Å². The van der Waals surface area contributed by atoms with Crippen LogP contribution in [-0.4, -0.2) is 5.54 Å². The van der Waals surface area contributed by atoms with E-state index in [2.05, 4.69) is 25.2 Å². The number of hydrogen-bond donors (Lipinski definition) is 2. The molecule has 0 aromatic heterocycles. The molecule has 1 fully saturated rings. The third kappa shape index (κ3) is 2.71. The molecular formula is C14H19N3. The summed E-state index contributed by atoms with van der Waals surface area (Å²) in [5, 5.41) is 12.3. The summed E-state index contributed by atoms with van der Waals surface area (Å²) in [4.78, 5) is 0. The molecular weight excluding hydrogens is 210 g/mol. The van der Waals surface area contributed by atoms with Crippen LogP contribution in [-0.2, 0) is 6.42 Å². The molecule has 3 heteroatoms. The molecule has 3 nitrogen and oxygen atoms in total. The monoisotopic (exact) mass is 229 g/mol. The Hall–Kier alpha value is -1.69. The molecule has 1 saturated carbocycles. The molecule has 0 unspecified atom stereocenters. The van der Waals surface area contributed by atoms with Crippen molar-refractivity contribution in [1.82, 2.24) is 0 Å². The van der Waals surface area contributed by atoms with E-state index in [4.69, 9.17) is 11.0 Å². The van der Waals surface area contributed by atoms with E-state index < -0.39 is 0 Å². The summed E-state index contributed by atoms with van der Waals surface area (Å²) in [5.41, 5.74) is 8.62. The van der Waals surface area contributed by atoms with Crippen molar-refractivity contribution in [2.75, 3.05) is 11.1 Å². The Kier molecular flexibility index (Phi) is 2.97. The van der Waals surface area contributed by atoms with E-state index >= 15 is 0 Å². The first-order valence-corrected chi connectivity index (χ1v) is 6.06. The van der Waals surface area contributed by atoms with Crippen molar-refractivity contribution in [2.45, 2.75) is 38.6 Å². The fourth-order valence-electron chi connectivity index (χ4n) is 2.20. The van der Waals surface area contributed by atoms with Crippen molar-refractivity contribution in [2.24, 2.45) is 5.92 Å². The summed E-state index contributed by atoms with van der Waals surface area (Å²) in [7, 11) is 0. The Morgan fingerprint density at radius 2 is 2.18 bits per heavy atom. The number of nitriles is 1. The first-order valence-electron chi connectivity index (χ1n) is 6.06. The lowest BCUT2D eigenvalue weighted by molar-refractivity contribution is 0.494. The van der Waals surface area contributed by atoms with Crippen LogP contribution in [0.4, 0.5) is 11.4 Å². The second-order valence-corrected chi connectivity index (χ2v) is 5.37. The molecule has 0 bridgehead atoms. The van der Waals surface area contributed by atoms with Crippen molar-refractivity contribution < 1.29 is 0 Å². The van der Waals surface area contributed by atoms with Gasteiger partial charge in [-0.15, -0.1) is 0 Å². The maximum Gasteiger partial charge on any atom is 0.0670 e. The lowest BCUT2D eigenvalue weighted by Crippen LogP contribution is -2.33. The molecule has 0 saturated heterocycles. The van der Waals surface area contributed by atoms with E-state index in [0.717, 1.165) is 17.2 Å². The average Bonchev–Trinajstić information content (AvgIpc) is 3.06. The normalized spacial score (nSPS) is 15.4. The highest BCUT2D eigenvalue weighted by Crippen LogP contribution is 2.41. The predicted molar refractivity (Wildman–Crippen MR) is 70.6 cm³/mol. The van der Waals surface area contributed by atoms with Crippen LogP contribution in [0, 0.1) is 17.2 Å². The Labute approximate surface area is 103 Å². The van der Waals surface area contributed by atoms with Crippen molar-refractivity contribution in [3.05, 3.63) is 23.8 Å². The number of nitrogen functional groups attached to an aromatic ring is 1. The minimum absolute atomic E-state index is 0.125. The van der Waals surface area contributed by atoms with Gasteiger partial charge in [0.15, 0.2) is 0 Å². The van der Waals surface area contributed by atoms with E-state index in [9.17, 15) is 0 Å². The van der Waals surface area contributed by atoms with E-state index in [1.807, 2.05) is 18.2 Å². The molecule has 1 aromatic rings. The van der Waals surface area contributed by atoms with Gasteiger partial charge in [-0.25, -0.2) is 0 Å². The first-order chi connectivity index (χ1) is 8.03. The minimum atomic E-state index is 0.125. The highest BCUT2D eigenvalue weighted by Gasteiger charge is 2.37. The van der Waals surface area contributed by atoms with Gasteiger partial charge in [0.2, 0.25) is 0 Å². The van der Waals surface area contributed by atoms with Gasteiger partial charge < -0.3 is 11.1 Å². The molecule has 90 valence electrons. The topological polar surface area (TPSA) is 61.8 Å². The molecule has 1 aromatic carbocycles. The highest BCUT2D eigenvalue weighted by molar-refractivity contribution is 5.58. The number of nitrogens with two attached hydrogens (primary N) is 1. The van der Waals surface area contributed by atoms with Gasteiger partial charge in [-0.2, -0.15) is 5.26 Å². The summed E-state index contributed by atoms with van der Waals surface area (Å²) in [6.45, 7) is 4.45. The Bertz CT molecular complexity index is 453. The molecule has 0 spiro atoms. The van der Waals surface area contributed by atoms with Crippen LogP contribution in [0.2, 0.25) is 0 Å². The Morgan fingerprint density at radius 3 is 2.76 bits per heavy atom. The third-order valence-electron chi connectivity index (χ3n) is 3.48. The van der Waals surface area contributed by atoms with Crippen molar-refractivity contribution in [1.29, 1.82) is 5.26 Å². The standard InChI is InChI=1S/C14H19N3/c1-14(2,11-3-4-11)17-12-5-6-13(16)10(9-12)7-8-15/h5-6,9,11,17H,3-4,7,16H2,1-2H3. The van der Waals surface area contributed by atoms with Gasteiger partial charge in [0, 0.05) is 16.9 Å². The maximum atomic E-state index is 8.74. The maximum absolute atomic E-state index is 8.74. The molecule has 0 atom stereocenters. The fourth-order valence-corrected chi connectivity index (χ4v) is 2.20. The van der Waals surface area contributed by atoms with Gasteiger partial charge in [-0.3, -0.25) is 0 Å². The number of nitrogens with one attached hydrogen (secondary N) is 1. The van der Waals surface area contributed by atoms with Gasteiger partial charge in [0.1, 0.15) is 0 Å². The molecule has 1 aliphatic carbocycles. The molecule has 0 radical (unpaired) electrons. The van der Waals surface area contributed by atoms with E-state index in [-0.39, 0.29) is 5.54 Å². The predicted octanol–water partition coefficient (Wildman–Crippen LogP) is 2.94. The first kappa shape index (κ1) is 11.8. The van der Waals surface area contributed by atoms with Crippen LogP contribution in [0.5, 0.6) is 0 Å². The summed E-state index contributed by atoms with van der Waals surface area (Å²) in [6.07, 6.45) is 2.98. The van der Waals surface area contributed by atoms with E-state index in [1.165, 1.54) is 12.8 Å². The molecule has 0 amide bonds. The number of rotatable bonds is 4. The lowest BCUT2D eigenvalue weighted by atomic mass is 9.98. The Balaban J connectivity index is 2.16. The molecule has 0 heterocycles. The largest absolute Gasteiger partial charge is 0.398 e. The van der Waals surface area contributed by atoms with Crippen molar-refractivity contribution in [3.8, 4) is 6.07 Å². The molecule has 1 aliphatic rings. The highest BCUT2D eigenvalue weighted by atomic mass is 15.0. The van der Waals surface area contributed by atoms with Crippen LogP contribution in [0.3, 0.4) is 0 Å². The summed E-state index contributed by atoms with van der Waals surface area (Å²) >= 11 is 0. The summed E-state index contributed by atoms with van der Waals surface area (Å²) < 4.78 is 0. The van der Waals surface area contributed by atoms with E-state index in [0.29, 0.717) is 12.1 Å². The van der Waals surface area contributed by atoms with E-state index in [1.54, 1.807) is 0 Å². The molecule has 2 rings (SSSR count). The Morgan fingerprint density at radius 1 is 1.47 bits per heavy atom. The van der Waals surface area contributed by atoms with Crippen molar-refractivity contribution in [3.63, 3.8) is 0 Å². The second kappa shape index (κ2) is 4.29. The summed E-state index contributed by atoms with van der Waals surface area (Å²) in [6, 6.07) is 7.99. The van der Waals surface area contributed by atoms with Gasteiger partial charge in [0.25, 0.3) is 0 Å². The zero-order valence-corrected chi connectivity index (χ0v) is 10.5. The van der Waals surface area contributed by atoms with Crippen LogP contribution in [0.1, 0.15) is 32.3 Å². The van der Waals surface area contributed by atoms with Gasteiger partial charge in [-0.05, 0) is 56.4 Å². The zero-order valence-electron chi connectivity index (χ0n) is 10.5. The number of hydrogen-bond acceptors (Lipinski definition) is 3. The quantitative estimate of drug-likeness (QED) is 0.780. The SMILES string of the molecule is CC(C)(Nc1ccc(N)c(CC#N)c1)C1CC1. The molecule has 3 N–H and O–H groups in total. The fraction of sp³-hybridized carbons (Fsp3) is 0.500. The van der Waals surface area contributed by atoms with Gasteiger partial charge in [0.05, 0.1) is 12.5 Å². The average molecular weight is 229 g/mol. The zero-order chi connectivity index (χ0) is 12.5. The molecule has 0 aliphatic heterocycles. The van der Waals surface area contributed by atoms with Crippen molar-refractivity contribution >= 4 is 11.4 Å². The minimum Gasteiger partial charge on any atom is -0.398 e. The van der Waals surface area contributed by atoms with Crippen LogP contribution < -0.4 is 11.1 Å². The van der Waals surface area contributed by atoms with Gasteiger partial charge >= 0.3 is 0 Å². The number of anilines is 2. The number of benzene rings is 1. The van der Waals surface area contributed by atoms with Crippen LogP contribution >= 0.6 is 0 Å². The lowest BCUT2D eigenvalue weighted by Gasteiger charge is -2.28. The second-order valence-electron chi connectivity index (χ2n) is 5.37. The smallest absolute Gasteiger partial charge is 0.0670 e. The molecule has 17 heavy (non-hydrogen) atoms. The van der Waals surface area contributed by atoms with Crippen LogP contribution in [0.15, 0.2) is 18.2 Å². The van der Waals surface area contributed by atoms with Crippen LogP contribution in [0.25, 0.3) is 0 Å². The summed E-state index contributed by atoms with van der Waals surface area (Å²) in [5.74, 6) is 0.763. The number of nitrogens with zero attached hydrogens (tertiary/aromatic N) is 1. The third-order valence-corrected chi connectivity index (χ3v) is 3.48.